The highest BCUT2D eigenvalue weighted by Crippen LogP contribution is 2.25. The van der Waals surface area contributed by atoms with Crippen LogP contribution in [0.5, 0.6) is 0 Å². The second-order valence-electron chi connectivity index (χ2n) is 3.57. The molecule has 0 saturated carbocycles. The Balaban J connectivity index is 2.19. The minimum absolute atomic E-state index is 0.131. The topological polar surface area (TPSA) is 98.3 Å². The van der Waals surface area contributed by atoms with E-state index in [1.165, 1.54) is 24.8 Å². The van der Waals surface area contributed by atoms with Gasteiger partial charge in [-0.1, -0.05) is 11.6 Å². The average molecular weight is 282 g/mol. The van der Waals surface area contributed by atoms with E-state index in [0.29, 0.717) is 0 Å². The maximum atomic E-state index is 11.9. The van der Waals surface area contributed by atoms with E-state index in [-0.39, 0.29) is 17.3 Å². The predicted molar refractivity (Wildman–Crippen MR) is 65.8 cm³/mol. The van der Waals surface area contributed by atoms with Gasteiger partial charge in [-0.05, 0) is 12.1 Å². The monoisotopic (exact) mass is 281 g/mol. The summed E-state index contributed by atoms with van der Waals surface area (Å²) in [6, 6.07) is 2.92. The van der Waals surface area contributed by atoms with E-state index >= 15 is 0 Å². The Bertz CT molecular complexity index is 612. The van der Waals surface area contributed by atoms with Crippen molar-refractivity contribution in [3.05, 3.63) is 57.3 Å². The van der Waals surface area contributed by atoms with Gasteiger partial charge in [0.25, 0.3) is 5.91 Å². The molecule has 0 spiro atoms. The average Bonchev–Trinajstić information content (AvgIpc) is 2.88. The fourth-order valence-electron chi connectivity index (χ4n) is 1.46. The quantitative estimate of drug-likeness (QED) is 0.526. The molecule has 2 rings (SSSR count). The molecule has 2 aromatic heterocycles. The van der Waals surface area contributed by atoms with Gasteiger partial charge in [0.05, 0.1) is 17.4 Å². The van der Waals surface area contributed by atoms with Crippen LogP contribution in [0.1, 0.15) is 15.9 Å². The molecular formula is C11H8ClN3O4. The molecule has 7 nitrogen and oxygen atoms in total. The molecule has 0 bridgehead atoms. The minimum Gasteiger partial charge on any atom is -0.472 e. The third-order valence-electron chi connectivity index (χ3n) is 2.34. The molecule has 8 heteroatoms. The summed E-state index contributed by atoms with van der Waals surface area (Å²) in [7, 11) is 0. The van der Waals surface area contributed by atoms with Crippen molar-refractivity contribution in [1.82, 2.24) is 10.3 Å². The number of hydrogen-bond acceptors (Lipinski definition) is 5. The first-order chi connectivity index (χ1) is 9.09. The third kappa shape index (κ3) is 2.89. The first-order valence-electron chi connectivity index (χ1n) is 5.17. The maximum Gasteiger partial charge on any atom is 0.319 e. The SMILES string of the molecule is O=C(NCc1ccoc1)c1ccnc(Cl)c1[N+](=O)[O-]. The van der Waals surface area contributed by atoms with Gasteiger partial charge >= 0.3 is 5.69 Å². The van der Waals surface area contributed by atoms with Gasteiger partial charge in [-0.3, -0.25) is 14.9 Å². The summed E-state index contributed by atoms with van der Waals surface area (Å²) in [6.07, 6.45) is 4.17. The predicted octanol–water partition coefficient (Wildman–Crippen LogP) is 2.17. The van der Waals surface area contributed by atoms with E-state index in [0.717, 1.165) is 5.56 Å². The van der Waals surface area contributed by atoms with Crippen LogP contribution in [0.4, 0.5) is 5.69 Å². The number of carbonyl (C=O) groups is 1. The summed E-state index contributed by atoms with van der Waals surface area (Å²) in [5, 5.41) is 13.1. The first kappa shape index (κ1) is 13.0. The van der Waals surface area contributed by atoms with Gasteiger partial charge in [-0.2, -0.15) is 0 Å². The number of rotatable bonds is 4. The molecule has 0 saturated heterocycles. The summed E-state index contributed by atoms with van der Waals surface area (Å²) >= 11 is 5.62. The molecule has 0 aliphatic carbocycles. The van der Waals surface area contributed by atoms with Crippen molar-refractivity contribution in [1.29, 1.82) is 0 Å². The highest BCUT2D eigenvalue weighted by Gasteiger charge is 2.24. The Morgan fingerprint density at radius 2 is 2.32 bits per heavy atom. The minimum atomic E-state index is -0.734. The van der Waals surface area contributed by atoms with E-state index in [1.54, 1.807) is 6.07 Å². The van der Waals surface area contributed by atoms with Gasteiger partial charge in [0.2, 0.25) is 5.15 Å². The molecule has 1 N–H and O–H groups in total. The highest BCUT2D eigenvalue weighted by molar-refractivity contribution is 6.32. The van der Waals surface area contributed by atoms with E-state index in [9.17, 15) is 14.9 Å². The lowest BCUT2D eigenvalue weighted by Gasteiger charge is -2.04. The summed E-state index contributed by atoms with van der Waals surface area (Å²) in [5.41, 5.74) is 0.110. The van der Waals surface area contributed by atoms with Crippen LogP contribution in [0.3, 0.4) is 0 Å². The molecule has 2 heterocycles. The van der Waals surface area contributed by atoms with Crippen molar-refractivity contribution in [2.45, 2.75) is 6.54 Å². The lowest BCUT2D eigenvalue weighted by atomic mass is 10.2. The first-order valence-corrected chi connectivity index (χ1v) is 5.55. The number of furan rings is 1. The molecule has 19 heavy (non-hydrogen) atoms. The van der Waals surface area contributed by atoms with Crippen LogP contribution in [-0.4, -0.2) is 15.8 Å². The fourth-order valence-corrected chi connectivity index (χ4v) is 1.68. The molecule has 1 amide bonds. The van der Waals surface area contributed by atoms with E-state index in [1.807, 2.05) is 0 Å². The van der Waals surface area contributed by atoms with Gasteiger partial charge in [-0.25, -0.2) is 4.98 Å². The van der Waals surface area contributed by atoms with Gasteiger partial charge in [0, 0.05) is 18.3 Å². The molecule has 0 radical (unpaired) electrons. The Hall–Kier alpha value is -2.41. The van der Waals surface area contributed by atoms with Crippen LogP contribution in [0.25, 0.3) is 0 Å². The van der Waals surface area contributed by atoms with E-state index in [4.69, 9.17) is 16.0 Å². The largest absolute Gasteiger partial charge is 0.472 e. The number of nitro groups is 1. The van der Waals surface area contributed by atoms with Crippen LogP contribution >= 0.6 is 11.6 Å². The van der Waals surface area contributed by atoms with Crippen LogP contribution in [0.2, 0.25) is 5.15 Å². The van der Waals surface area contributed by atoms with Gasteiger partial charge < -0.3 is 9.73 Å². The number of carbonyl (C=O) groups excluding carboxylic acids is 1. The summed E-state index contributed by atoms with van der Waals surface area (Å²) in [5.74, 6) is -0.600. The zero-order valence-electron chi connectivity index (χ0n) is 9.50. The van der Waals surface area contributed by atoms with E-state index in [2.05, 4.69) is 10.3 Å². The molecule has 0 aromatic carbocycles. The van der Waals surface area contributed by atoms with Crippen molar-refractivity contribution < 1.29 is 14.1 Å². The number of hydrogen-bond donors (Lipinski definition) is 1. The number of nitrogens with one attached hydrogen (secondary N) is 1. The van der Waals surface area contributed by atoms with Gasteiger partial charge in [0.15, 0.2) is 0 Å². The Labute approximate surface area is 112 Å². The molecule has 98 valence electrons. The molecule has 2 aromatic rings. The molecule has 0 aliphatic heterocycles. The maximum absolute atomic E-state index is 11.9. The lowest BCUT2D eigenvalue weighted by molar-refractivity contribution is -0.385. The molecule has 0 unspecified atom stereocenters. The van der Waals surface area contributed by atoms with Crippen molar-refractivity contribution in [2.24, 2.45) is 0 Å². The lowest BCUT2D eigenvalue weighted by Crippen LogP contribution is -2.23. The van der Waals surface area contributed by atoms with Crippen LogP contribution < -0.4 is 5.32 Å². The van der Waals surface area contributed by atoms with Gasteiger partial charge in [0.1, 0.15) is 5.56 Å². The molecule has 0 atom stereocenters. The zero-order chi connectivity index (χ0) is 13.8. The van der Waals surface area contributed by atoms with E-state index < -0.39 is 16.5 Å². The number of nitrogens with zero attached hydrogens (tertiary/aromatic N) is 2. The zero-order valence-corrected chi connectivity index (χ0v) is 10.3. The van der Waals surface area contributed by atoms with Crippen LogP contribution in [-0.2, 0) is 6.54 Å². The smallest absolute Gasteiger partial charge is 0.319 e. The molecular weight excluding hydrogens is 274 g/mol. The fraction of sp³-hybridized carbons (Fsp3) is 0.0909. The van der Waals surface area contributed by atoms with Crippen LogP contribution in [0, 0.1) is 10.1 Å². The number of pyridine rings is 1. The van der Waals surface area contributed by atoms with Crippen molar-refractivity contribution >= 4 is 23.2 Å². The van der Waals surface area contributed by atoms with Crippen molar-refractivity contribution in [2.75, 3.05) is 0 Å². The Morgan fingerprint density at radius 3 is 2.95 bits per heavy atom. The third-order valence-corrected chi connectivity index (χ3v) is 2.62. The Morgan fingerprint density at radius 1 is 1.53 bits per heavy atom. The number of aromatic nitrogens is 1. The standard InChI is InChI=1S/C11H8ClN3O4/c12-10-9(15(17)18)8(1-3-13-10)11(16)14-5-7-2-4-19-6-7/h1-4,6H,5H2,(H,14,16). The summed E-state index contributed by atoms with van der Waals surface area (Å²) in [4.78, 5) is 25.6. The van der Waals surface area contributed by atoms with Crippen LogP contribution in [0.15, 0.2) is 35.3 Å². The molecule has 0 aliphatic rings. The van der Waals surface area contributed by atoms with Gasteiger partial charge in [-0.15, -0.1) is 0 Å². The highest BCUT2D eigenvalue weighted by atomic mass is 35.5. The second-order valence-corrected chi connectivity index (χ2v) is 3.93. The Kier molecular flexibility index (Phi) is 3.76. The molecule has 0 fully saturated rings. The number of halogens is 1. The second kappa shape index (κ2) is 5.49. The summed E-state index contributed by atoms with van der Waals surface area (Å²) in [6.45, 7) is 0.201. The normalized spacial score (nSPS) is 10.2. The summed E-state index contributed by atoms with van der Waals surface area (Å²) < 4.78 is 4.84. The van der Waals surface area contributed by atoms with Crippen molar-refractivity contribution in [3.8, 4) is 0 Å². The number of amides is 1. The van der Waals surface area contributed by atoms with Crippen molar-refractivity contribution in [3.63, 3.8) is 0 Å².